The number of thiazole rings is 1. The van der Waals surface area contributed by atoms with Crippen molar-refractivity contribution in [3.8, 4) is 0 Å². The number of hydrogen-bond donors (Lipinski definition) is 1. The van der Waals surface area contributed by atoms with E-state index in [0.29, 0.717) is 21.3 Å². The van der Waals surface area contributed by atoms with Crippen molar-refractivity contribution < 1.29 is 4.79 Å². The predicted octanol–water partition coefficient (Wildman–Crippen LogP) is 5.13. The summed E-state index contributed by atoms with van der Waals surface area (Å²) >= 11 is 7.32. The van der Waals surface area contributed by atoms with Crippen LogP contribution in [0.15, 0.2) is 54.6 Å². The highest BCUT2D eigenvalue weighted by atomic mass is 35.5. The van der Waals surface area contributed by atoms with Gasteiger partial charge in [-0.2, -0.15) is 0 Å². The number of carbonyl (C=O) groups excluding carboxylic acids is 1. The largest absolute Gasteiger partial charge is 0.321 e. The van der Waals surface area contributed by atoms with Gasteiger partial charge in [-0.05, 0) is 37.3 Å². The molecule has 3 rings (SSSR count). The molecule has 6 heteroatoms. The highest BCUT2D eigenvalue weighted by Crippen LogP contribution is 2.30. The van der Waals surface area contributed by atoms with E-state index in [1.807, 2.05) is 49.2 Å². The number of rotatable bonds is 4. The summed E-state index contributed by atoms with van der Waals surface area (Å²) in [5, 5.41) is 4.22. The van der Waals surface area contributed by atoms with Gasteiger partial charge in [-0.25, -0.2) is 4.98 Å². The van der Waals surface area contributed by atoms with Gasteiger partial charge in [0.05, 0.1) is 5.69 Å². The molecule has 0 radical (unpaired) electrons. The Bertz CT molecular complexity index is 864. The molecule has 0 unspecified atom stereocenters. The van der Waals surface area contributed by atoms with E-state index in [9.17, 15) is 4.79 Å². The molecular formula is C18H16ClN3OS. The molecular weight excluding hydrogens is 342 g/mol. The van der Waals surface area contributed by atoms with Crippen LogP contribution in [-0.4, -0.2) is 17.9 Å². The first-order valence-corrected chi connectivity index (χ1v) is 8.57. The molecule has 3 aromatic rings. The van der Waals surface area contributed by atoms with Gasteiger partial charge in [-0.3, -0.25) is 4.79 Å². The van der Waals surface area contributed by atoms with E-state index in [4.69, 9.17) is 11.6 Å². The monoisotopic (exact) mass is 357 g/mol. The summed E-state index contributed by atoms with van der Waals surface area (Å²) in [5.41, 5.74) is 2.39. The van der Waals surface area contributed by atoms with Crippen LogP contribution in [-0.2, 0) is 0 Å². The molecule has 2 aromatic carbocycles. The highest BCUT2D eigenvalue weighted by molar-refractivity contribution is 7.17. The number of carbonyl (C=O) groups is 1. The maximum Gasteiger partial charge on any atom is 0.267 e. The summed E-state index contributed by atoms with van der Waals surface area (Å²) in [6.07, 6.45) is 0. The van der Waals surface area contributed by atoms with Gasteiger partial charge in [-0.1, -0.05) is 47.2 Å². The first-order chi connectivity index (χ1) is 11.5. The van der Waals surface area contributed by atoms with Crippen LogP contribution in [0.2, 0.25) is 5.02 Å². The lowest BCUT2D eigenvalue weighted by Crippen LogP contribution is -2.11. The van der Waals surface area contributed by atoms with Crippen LogP contribution in [0.25, 0.3) is 0 Å². The molecule has 1 heterocycles. The number of halogens is 1. The fourth-order valence-corrected chi connectivity index (χ4v) is 3.39. The summed E-state index contributed by atoms with van der Waals surface area (Å²) in [6.45, 7) is 1.84. The van der Waals surface area contributed by atoms with Crippen LogP contribution in [0, 0.1) is 6.92 Å². The van der Waals surface area contributed by atoms with Crippen molar-refractivity contribution >= 4 is 45.4 Å². The van der Waals surface area contributed by atoms with Crippen molar-refractivity contribution in [2.75, 3.05) is 17.3 Å². The summed E-state index contributed by atoms with van der Waals surface area (Å²) in [6, 6.07) is 17.0. The van der Waals surface area contributed by atoms with Crippen molar-refractivity contribution in [1.82, 2.24) is 4.98 Å². The van der Waals surface area contributed by atoms with Gasteiger partial charge in [0.15, 0.2) is 5.13 Å². The minimum atomic E-state index is -0.181. The van der Waals surface area contributed by atoms with E-state index < -0.39 is 0 Å². The average Bonchev–Trinajstić information content (AvgIpc) is 2.97. The van der Waals surface area contributed by atoms with E-state index in [1.54, 1.807) is 24.3 Å². The molecule has 0 aliphatic rings. The van der Waals surface area contributed by atoms with E-state index in [0.717, 1.165) is 10.8 Å². The number of anilines is 3. The first kappa shape index (κ1) is 16.5. The Kier molecular flexibility index (Phi) is 4.83. The fourth-order valence-electron chi connectivity index (χ4n) is 2.25. The zero-order valence-electron chi connectivity index (χ0n) is 13.3. The molecule has 0 atom stereocenters. The van der Waals surface area contributed by atoms with Crippen LogP contribution in [0.4, 0.5) is 16.5 Å². The molecule has 0 aliphatic carbocycles. The summed E-state index contributed by atoms with van der Waals surface area (Å²) < 4.78 is 0. The number of aromatic nitrogens is 1. The standard InChI is InChI=1S/C18H16ClN3OS/c1-12-16(17(23)21-14-8-6-7-13(19)11-14)24-18(20-12)22(2)15-9-4-3-5-10-15/h3-11H,1-2H3,(H,21,23). The third kappa shape index (κ3) is 3.58. The van der Waals surface area contributed by atoms with Crippen LogP contribution in [0.1, 0.15) is 15.4 Å². The summed E-state index contributed by atoms with van der Waals surface area (Å²) in [5.74, 6) is -0.181. The second-order valence-electron chi connectivity index (χ2n) is 5.27. The Hall–Kier alpha value is -2.37. The van der Waals surface area contributed by atoms with Gasteiger partial charge in [0.25, 0.3) is 5.91 Å². The third-order valence-electron chi connectivity index (χ3n) is 3.50. The van der Waals surface area contributed by atoms with Gasteiger partial charge >= 0.3 is 0 Å². The molecule has 1 aromatic heterocycles. The normalized spacial score (nSPS) is 10.5. The number of aryl methyl sites for hydroxylation is 1. The van der Waals surface area contributed by atoms with Gasteiger partial charge in [0.2, 0.25) is 0 Å². The Balaban J connectivity index is 1.82. The van der Waals surface area contributed by atoms with Crippen molar-refractivity contribution in [2.45, 2.75) is 6.92 Å². The van der Waals surface area contributed by atoms with E-state index in [-0.39, 0.29) is 5.91 Å². The van der Waals surface area contributed by atoms with Gasteiger partial charge in [0.1, 0.15) is 4.88 Å². The molecule has 1 N–H and O–H groups in total. The third-order valence-corrected chi connectivity index (χ3v) is 4.97. The lowest BCUT2D eigenvalue weighted by Gasteiger charge is -2.15. The van der Waals surface area contributed by atoms with Crippen LogP contribution >= 0.6 is 22.9 Å². The zero-order valence-corrected chi connectivity index (χ0v) is 14.9. The highest BCUT2D eigenvalue weighted by Gasteiger charge is 2.18. The Morgan fingerprint density at radius 2 is 1.92 bits per heavy atom. The number of benzene rings is 2. The maximum atomic E-state index is 12.5. The summed E-state index contributed by atoms with van der Waals surface area (Å²) in [4.78, 5) is 19.6. The van der Waals surface area contributed by atoms with Crippen LogP contribution in [0.3, 0.4) is 0 Å². The number of nitrogens with one attached hydrogen (secondary N) is 1. The molecule has 4 nitrogen and oxygen atoms in total. The molecule has 122 valence electrons. The minimum Gasteiger partial charge on any atom is -0.321 e. The maximum absolute atomic E-state index is 12.5. The van der Waals surface area contributed by atoms with Crippen LogP contribution in [0.5, 0.6) is 0 Å². The van der Waals surface area contributed by atoms with Gasteiger partial charge in [0, 0.05) is 23.4 Å². The average molecular weight is 358 g/mol. The molecule has 0 saturated carbocycles. The summed E-state index contributed by atoms with van der Waals surface area (Å²) in [7, 11) is 1.94. The molecule has 24 heavy (non-hydrogen) atoms. The van der Waals surface area contributed by atoms with Crippen molar-refractivity contribution in [1.29, 1.82) is 0 Å². The number of nitrogens with zero attached hydrogens (tertiary/aromatic N) is 2. The minimum absolute atomic E-state index is 0.181. The van der Waals surface area contributed by atoms with Crippen molar-refractivity contribution in [3.05, 3.63) is 70.2 Å². The first-order valence-electron chi connectivity index (χ1n) is 7.38. The molecule has 0 bridgehead atoms. The number of hydrogen-bond acceptors (Lipinski definition) is 4. The Labute approximate surface area is 149 Å². The molecule has 0 saturated heterocycles. The lowest BCUT2D eigenvalue weighted by molar-refractivity contribution is 0.103. The van der Waals surface area contributed by atoms with Crippen molar-refractivity contribution in [3.63, 3.8) is 0 Å². The molecule has 1 amide bonds. The second-order valence-corrected chi connectivity index (χ2v) is 6.68. The molecule has 0 aliphatic heterocycles. The second kappa shape index (κ2) is 7.03. The van der Waals surface area contributed by atoms with E-state index >= 15 is 0 Å². The fraction of sp³-hybridized carbons (Fsp3) is 0.111. The smallest absolute Gasteiger partial charge is 0.267 e. The molecule has 0 fully saturated rings. The SMILES string of the molecule is Cc1nc(N(C)c2ccccc2)sc1C(=O)Nc1cccc(Cl)c1. The topological polar surface area (TPSA) is 45.2 Å². The zero-order chi connectivity index (χ0) is 17.1. The van der Waals surface area contributed by atoms with Crippen LogP contribution < -0.4 is 10.2 Å². The van der Waals surface area contributed by atoms with Crippen molar-refractivity contribution in [2.24, 2.45) is 0 Å². The Morgan fingerprint density at radius 3 is 2.62 bits per heavy atom. The number of amides is 1. The predicted molar refractivity (Wildman–Crippen MR) is 101 cm³/mol. The van der Waals surface area contributed by atoms with Gasteiger partial charge < -0.3 is 10.2 Å². The van der Waals surface area contributed by atoms with Gasteiger partial charge in [-0.15, -0.1) is 0 Å². The quantitative estimate of drug-likeness (QED) is 0.704. The van der Waals surface area contributed by atoms with E-state index in [1.165, 1.54) is 11.3 Å². The van der Waals surface area contributed by atoms with E-state index in [2.05, 4.69) is 10.3 Å². The number of para-hydroxylation sites is 1. The molecule has 0 spiro atoms. The lowest BCUT2D eigenvalue weighted by atomic mass is 10.3. The Morgan fingerprint density at radius 1 is 1.17 bits per heavy atom.